The molecule has 0 amide bonds. The Hall–Kier alpha value is -12.7. The summed E-state index contributed by atoms with van der Waals surface area (Å²) in [5.41, 5.74) is 20.6. The van der Waals surface area contributed by atoms with Crippen LogP contribution < -0.4 is 9.47 Å². The average molecular weight is 1590 g/mol. The topological polar surface area (TPSA) is 38.2 Å². The highest BCUT2D eigenvalue weighted by Crippen LogP contribution is 2.49. The van der Waals surface area contributed by atoms with Crippen molar-refractivity contribution in [3.8, 4) is 56.5 Å². The van der Waals surface area contributed by atoms with Crippen LogP contribution in [0.3, 0.4) is 0 Å². The highest BCUT2D eigenvalue weighted by atomic mass is 19.2. The number of para-hydroxylation sites is 1. The molecule has 22 heteroatoms. The Morgan fingerprint density at radius 1 is 0.276 bits per heavy atom. The predicted octanol–water partition coefficient (Wildman–Crippen LogP) is 24.2. The Morgan fingerprint density at radius 2 is 0.560 bits per heavy atom. The van der Waals surface area contributed by atoms with Gasteiger partial charge in [-0.25, -0.2) is 70.2 Å². The quantitative estimate of drug-likeness (QED) is 0.0655. The number of nitrogens with zero attached hydrogens (tertiary/aromatic N) is 4. The third-order valence-corrected chi connectivity index (χ3v) is 22.7. The van der Waals surface area contributed by atoms with Crippen molar-refractivity contribution in [2.45, 2.75) is 78.0 Å². The van der Waals surface area contributed by atoms with Gasteiger partial charge < -0.3 is 27.7 Å². The Labute approximate surface area is 652 Å². The minimum Gasteiger partial charge on any atom is -0.497 e. The van der Waals surface area contributed by atoms with Crippen LogP contribution in [0, 0.1) is 100.0 Å². The van der Waals surface area contributed by atoms with Gasteiger partial charge in [-0.3, -0.25) is 0 Å². The second kappa shape index (κ2) is 30.2. The molecule has 0 spiro atoms. The summed E-state index contributed by atoms with van der Waals surface area (Å²) in [6.07, 6.45) is 2.07. The highest BCUT2D eigenvalue weighted by Gasteiger charge is 2.35. The van der Waals surface area contributed by atoms with Gasteiger partial charge in [0.1, 0.15) is 17.3 Å². The number of fused-ring (bicyclic) bond motifs is 20. The molecule has 4 aliphatic rings. The van der Waals surface area contributed by atoms with E-state index < -0.39 is 104 Å². The lowest BCUT2D eigenvalue weighted by Crippen LogP contribution is -2.11. The molecule has 0 unspecified atom stereocenters. The molecule has 0 N–H and O–H groups in total. The second-order valence-electron chi connectivity index (χ2n) is 29.0. The number of methoxy groups -OCH3 is 2. The summed E-state index contributed by atoms with van der Waals surface area (Å²) in [6.45, 7) is 2.72. The molecule has 4 heterocycles. The first-order valence-corrected chi connectivity index (χ1v) is 37.2. The minimum absolute atomic E-state index is 0.0465. The molecule has 116 heavy (non-hydrogen) atoms. The van der Waals surface area contributed by atoms with E-state index in [0.29, 0.717) is 24.3 Å². The van der Waals surface area contributed by atoms with E-state index in [2.05, 4.69) is 47.0 Å². The summed E-state index contributed by atoms with van der Waals surface area (Å²) in [7, 11) is 3.25. The molecule has 0 aliphatic heterocycles. The van der Waals surface area contributed by atoms with Gasteiger partial charge in [-0.2, -0.15) is 0 Å². The normalized spacial score (nSPS) is 12.4. The number of aromatic nitrogens is 4. The van der Waals surface area contributed by atoms with E-state index in [1.54, 1.807) is 26.4 Å². The number of ether oxygens (including phenoxy) is 2. The number of rotatable bonds is 13. The largest absolute Gasteiger partial charge is 0.497 e. The Bertz CT molecular complexity index is 6640. The van der Waals surface area contributed by atoms with Crippen molar-refractivity contribution in [2.75, 3.05) is 14.2 Å². The van der Waals surface area contributed by atoms with Gasteiger partial charge in [-0.1, -0.05) is 145 Å². The van der Waals surface area contributed by atoms with Crippen LogP contribution in [0.15, 0.2) is 200 Å². The van der Waals surface area contributed by atoms with Gasteiger partial charge in [0.15, 0.2) is 69.8 Å². The molecule has 4 aliphatic carbocycles. The van der Waals surface area contributed by atoms with Gasteiger partial charge in [0.05, 0.1) is 43.5 Å². The van der Waals surface area contributed by atoms with Gasteiger partial charge in [0.25, 0.3) is 0 Å². The maximum atomic E-state index is 14.3. The first-order chi connectivity index (χ1) is 56.0. The van der Waals surface area contributed by atoms with E-state index in [1.807, 2.05) is 160 Å². The lowest BCUT2D eigenvalue weighted by Gasteiger charge is -2.13. The summed E-state index contributed by atoms with van der Waals surface area (Å²) < 4.78 is 240. The van der Waals surface area contributed by atoms with E-state index in [9.17, 15) is 70.2 Å². The van der Waals surface area contributed by atoms with Crippen molar-refractivity contribution < 1.29 is 79.7 Å². The minimum atomic E-state index is -2.15. The summed E-state index contributed by atoms with van der Waals surface area (Å²) in [5, 5.41) is 4.18. The lowest BCUT2D eigenvalue weighted by atomic mass is 10.1. The highest BCUT2D eigenvalue weighted by molar-refractivity contribution is 5.99. The SMILES string of the molecule is COc1ccc2c(c1)c1c(n2CCc2c(F)c(F)c(F)c(F)c2F)-c2ccccc2C1.COc1ccc2c(c1)c1c(n2Cc2ccccc2F)-c2ccccc2C1.Cc1ccc2c(c1)c1c(n2CCc2c(F)c(F)c(F)c(F)c2F)-c2ccccc2C1.Fc1c(F)c(F)c(CCn2c3c(c4ccccc42)Cc2ccccc2-3)c(F)c1F. The van der Waals surface area contributed by atoms with Crippen molar-refractivity contribution in [1.82, 2.24) is 18.3 Å². The van der Waals surface area contributed by atoms with Crippen LogP contribution in [0.4, 0.5) is 70.2 Å². The van der Waals surface area contributed by atoms with Crippen LogP contribution in [0.2, 0.25) is 0 Å². The fraction of sp³-hybridized carbons (Fsp3) is 0.149. The zero-order valence-corrected chi connectivity index (χ0v) is 62.0. The van der Waals surface area contributed by atoms with Crippen LogP contribution in [0.25, 0.3) is 88.6 Å². The summed E-state index contributed by atoms with van der Waals surface area (Å²) in [6, 6.07) is 64.3. The molecule has 20 rings (SSSR count). The standard InChI is InChI=1S/C24H16F5NO.C24H16F5N.C23H14F5N.C23H18FNO/c1-31-13-6-7-18-16(11-13)17-10-12-4-2-3-5-14(12)24(17)30(18)9-8-15-19(25)21(27)23(29)22(28)20(15)26;1-12-6-7-18-16(10-12)17-11-13-4-2-3-5-14(13)24(17)30(18)9-8-15-19(25)21(27)23(29)22(28)20(15)26;24-18-15(19(25)21(27)22(28)20(18)26)9-10-29-17-8-4-3-7-14(17)16-11-12-5-1-2-6-13(12)23(16)29;1-26-17-10-11-22-19(13-17)20-12-15-6-2-4-8-18(15)23(20)25(22)14-16-7-3-5-9-21(16)24/h2-7,11H,8-10H2,1H3;2-7,10H,8-9,11H2,1H3;1-8H,9-11H2;2-11,13H,12,14H2,1H3. The van der Waals surface area contributed by atoms with Crippen molar-refractivity contribution in [3.63, 3.8) is 0 Å². The molecule has 0 saturated carbocycles. The number of halogens is 16. The molecule has 4 aromatic heterocycles. The van der Waals surface area contributed by atoms with Crippen LogP contribution in [-0.4, -0.2) is 32.5 Å². The van der Waals surface area contributed by atoms with Crippen molar-refractivity contribution >= 4 is 43.6 Å². The Balaban J connectivity index is 0.000000111. The molecule has 6 nitrogen and oxygen atoms in total. The first kappa shape index (κ1) is 75.9. The fourth-order valence-electron chi connectivity index (χ4n) is 17.2. The number of benzene rings is 12. The molecule has 0 saturated heterocycles. The molecule has 0 radical (unpaired) electrons. The first-order valence-electron chi connectivity index (χ1n) is 37.2. The molecular formula is C94H64F16N4O2. The smallest absolute Gasteiger partial charge is 0.200 e. The molecule has 12 aromatic carbocycles. The Morgan fingerprint density at radius 3 is 0.931 bits per heavy atom. The van der Waals surface area contributed by atoms with Crippen LogP contribution in [0.5, 0.6) is 11.5 Å². The summed E-state index contributed by atoms with van der Waals surface area (Å²) in [5.74, 6) is -27.2. The maximum absolute atomic E-state index is 14.3. The zero-order chi connectivity index (χ0) is 81.0. The van der Waals surface area contributed by atoms with E-state index >= 15 is 0 Å². The van der Waals surface area contributed by atoms with Gasteiger partial charge in [0.2, 0.25) is 17.5 Å². The van der Waals surface area contributed by atoms with Crippen molar-refractivity contribution in [2.24, 2.45) is 0 Å². The molecule has 16 aromatic rings. The third-order valence-electron chi connectivity index (χ3n) is 22.7. The molecule has 0 atom stereocenters. The second-order valence-corrected chi connectivity index (χ2v) is 29.0. The monoisotopic (exact) mass is 1580 g/mol. The Kier molecular flexibility index (Phi) is 19.8. The molecule has 584 valence electrons. The van der Waals surface area contributed by atoms with Crippen LogP contribution in [0.1, 0.15) is 72.3 Å². The molecule has 0 bridgehead atoms. The van der Waals surface area contributed by atoms with E-state index in [0.717, 1.165) is 136 Å². The van der Waals surface area contributed by atoms with Gasteiger partial charge in [-0.05, 0) is 131 Å². The summed E-state index contributed by atoms with van der Waals surface area (Å²) >= 11 is 0. The fourth-order valence-corrected chi connectivity index (χ4v) is 17.2. The van der Waals surface area contributed by atoms with E-state index in [-0.39, 0.29) is 44.7 Å². The van der Waals surface area contributed by atoms with Gasteiger partial charge in [0, 0.05) is 133 Å². The maximum Gasteiger partial charge on any atom is 0.200 e. The number of hydrogen-bond donors (Lipinski definition) is 0. The van der Waals surface area contributed by atoms with Gasteiger partial charge in [-0.15, -0.1) is 0 Å². The lowest BCUT2D eigenvalue weighted by molar-refractivity contribution is 0.368. The molecule has 0 fully saturated rings. The predicted molar refractivity (Wildman–Crippen MR) is 414 cm³/mol. The van der Waals surface area contributed by atoms with Crippen molar-refractivity contribution in [1.29, 1.82) is 0 Å². The van der Waals surface area contributed by atoms with Crippen molar-refractivity contribution in [3.05, 3.63) is 366 Å². The zero-order valence-electron chi connectivity index (χ0n) is 62.0. The third kappa shape index (κ3) is 12.7. The number of hydrogen-bond acceptors (Lipinski definition) is 2. The van der Waals surface area contributed by atoms with Gasteiger partial charge >= 0.3 is 0 Å². The van der Waals surface area contributed by atoms with E-state index in [1.165, 1.54) is 33.8 Å². The molecular weight excluding hydrogens is 1520 g/mol. The average Bonchev–Trinajstić information content (AvgIpc) is 1.58. The summed E-state index contributed by atoms with van der Waals surface area (Å²) in [4.78, 5) is 0. The number of aryl methyl sites for hydroxylation is 4. The van der Waals surface area contributed by atoms with E-state index in [4.69, 9.17) is 9.47 Å². The van der Waals surface area contributed by atoms with Crippen LogP contribution >= 0.6 is 0 Å². The van der Waals surface area contributed by atoms with Crippen LogP contribution in [-0.2, 0) is 71.1 Å².